The van der Waals surface area contributed by atoms with Crippen molar-refractivity contribution < 1.29 is 4.42 Å². The smallest absolute Gasteiger partial charge is 0.164 e. The number of fused-ring (bicyclic) bond motifs is 3. The van der Waals surface area contributed by atoms with Gasteiger partial charge in [0.1, 0.15) is 11.2 Å². The summed E-state index contributed by atoms with van der Waals surface area (Å²) in [6, 6.07) is 60.4. The van der Waals surface area contributed by atoms with Gasteiger partial charge in [0, 0.05) is 33.0 Å². The van der Waals surface area contributed by atoms with Gasteiger partial charge in [-0.25, -0.2) is 15.0 Å². The molecule has 0 N–H and O–H groups in total. The summed E-state index contributed by atoms with van der Waals surface area (Å²) in [5.41, 5.74) is 11.1. The number of hydrogen-bond acceptors (Lipinski definition) is 4. The molecule has 0 radical (unpaired) electrons. The van der Waals surface area contributed by atoms with Crippen LogP contribution in [0.5, 0.6) is 0 Å². The highest BCUT2D eigenvalue weighted by atomic mass is 16.3. The van der Waals surface area contributed by atoms with Crippen LogP contribution < -0.4 is 0 Å². The summed E-state index contributed by atoms with van der Waals surface area (Å²) < 4.78 is 6.75. The molecular weight excluding hydrogens is 599 g/mol. The molecular formula is C45H29N3O. The number of hydrogen-bond donors (Lipinski definition) is 0. The van der Waals surface area contributed by atoms with Gasteiger partial charge in [0.2, 0.25) is 0 Å². The summed E-state index contributed by atoms with van der Waals surface area (Å²) in [6.07, 6.45) is 0. The average molecular weight is 628 g/mol. The van der Waals surface area contributed by atoms with Gasteiger partial charge in [-0.2, -0.15) is 0 Å². The summed E-state index contributed by atoms with van der Waals surface area (Å²) in [5.74, 6) is 1.88. The summed E-state index contributed by atoms with van der Waals surface area (Å²) in [4.78, 5) is 14.9. The van der Waals surface area contributed by atoms with Gasteiger partial charge in [-0.15, -0.1) is 0 Å². The van der Waals surface area contributed by atoms with E-state index in [1.54, 1.807) is 0 Å². The zero-order chi connectivity index (χ0) is 32.6. The second-order valence-corrected chi connectivity index (χ2v) is 12.1. The summed E-state index contributed by atoms with van der Waals surface area (Å²) in [6.45, 7) is 0. The van der Waals surface area contributed by atoms with Crippen LogP contribution in [0.3, 0.4) is 0 Å². The van der Waals surface area contributed by atoms with Crippen LogP contribution in [0.15, 0.2) is 180 Å². The Morgan fingerprint density at radius 1 is 0.306 bits per heavy atom. The number of nitrogens with zero attached hydrogens (tertiary/aromatic N) is 3. The van der Waals surface area contributed by atoms with Crippen LogP contribution in [0.4, 0.5) is 0 Å². The first-order chi connectivity index (χ1) is 24.3. The van der Waals surface area contributed by atoms with Gasteiger partial charge in [-0.05, 0) is 58.1 Å². The third-order valence-corrected chi connectivity index (χ3v) is 8.92. The maximum absolute atomic E-state index is 6.75. The summed E-state index contributed by atoms with van der Waals surface area (Å²) >= 11 is 0. The van der Waals surface area contributed by atoms with Crippen LogP contribution in [0, 0.1) is 0 Å². The third kappa shape index (κ3) is 5.45. The normalized spacial score (nSPS) is 11.3. The van der Waals surface area contributed by atoms with Gasteiger partial charge >= 0.3 is 0 Å². The second-order valence-electron chi connectivity index (χ2n) is 12.1. The quantitative estimate of drug-likeness (QED) is 0.184. The molecule has 0 unspecified atom stereocenters. The molecule has 0 aliphatic rings. The van der Waals surface area contributed by atoms with Gasteiger partial charge in [0.05, 0.1) is 0 Å². The Labute approximate surface area is 284 Å². The molecule has 4 nitrogen and oxygen atoms in total. The Morgan fingerprint density at radius 2 is 0.796 bits per heavy atom. The zero-order valence-corrected chi connectivity index (χ0v) is 26.5. The van der Waals surface area contributed by atoms with Crippen molar-refractivity contribution in [2.75, 3.05) is 0 Å². The maximum Gasteiger partial charge on any atom is 0.164 e. The predicted octanol–water partition coefficient (Wildman–Crippen LogP) is 11.8. The van der Waals surface area contributed by atoms with Crippen molar-refractivity contribution in [2.45, 2.75) is 0 Å². The minimum absolute atomic E-state index is 0.613. The van der Waals surface area contributed by atoms with Crippen molar-refractivity contribution in [1.82, 2.24) is 15.0 Å². The Balaban J connectivity index is 1.24. The van der Waals surface area contributed by atoms with E-state index in [9.17, 15) is 0 Å². The monoisotopic (exact) mass is 627 g/mol. The molecule has 49 heavy (non-hydrogen) atoms. The van der Waals surface area contributed by atoms with Gasteiger partial charge in [-0.3, -0.25) is 0 Å². The first-order valence-corrected chi connectivity index (χ1v) is 16.4. The molecule has 4 heteroatoms. The molecule has 230 valence electrons. The fraction of sp³-hybridized carbons (Fsp3) is 0. The average Bonchev–Trinajstić information content (AvgIpc) is 3.57. The van der Waals surface area contributed by atoms with E-state index in [0.717, 1.165) is 72.0 Å². The van der Waals surface area contributed by atoms with E-state index >= 15 is 0 Å². The SMILES string of the molecule is c1ccc(-c2ccc3c(c2)oc2c(-c4cccc(-c5nc(-c6ccccc6)nc(-c6ccccc6)n5)c4)cc(-c4ccccc4)cc23)cc1. The Morgan fingerprint density at radius 3 is 1.39 bits per heavy atom. The number of benzene rings is 7. The molecule has 0 bridgehead atoms. The van der Waals surface area contributed by atoms with Crippen LogP contribution in [0.2, 0.25) is 0 Å². The second kappa shape index (κ2) is 12.2. The van der Waals surface area contributed by atoms with Crippen LogP contribution in [0.1, 0.15) is 0 Å². The lowest BCUT2D eigenvalue weighted by atomic mass is 9.94. The molecule has 0 saturated carbocycles. The molecule has 0 atom stereocenters. The Kier molecular flexibility index (Phi) is 7.10. The molecule has 0 spiro atoms. The largest absolute Gasteiger partial charge is 0.455 e. The van der Waals surface area contributed by atoms with E-state index in [0.29, 0.717) is 17.5 Å². The summed E-state index contributed by atoms with van der Waals surface area (Å²) in [7, 11) is 0. The van der Waals surface area contributed by atoms with E-state index in [2.05, 4.69) is 103 Å². The third-order valence-electron chi connectivity index (χ3n) is 8.92. The van der Waals surface area contributed by atoms with E-state index in [1.807, 2.05) is 72.8 Å². The molecule has 0 fully saturated rings. The molecule has 7 aromatic carbocycles. The van der Waals surface area contributed by atoms with Gasteiger partial charge in [0.25, 0.3) is 0 Å². The van der Waals surface area contributed by atoms with Gasteiger partial charge < -0.3 is 4.42 Å². The highest BCUT2D eigenvalue weighted by molar-refractivity contribution is 6.12. The van der Waals surface area contributed by atoms with E-state index in [-0.39, 0.29) is 0 Å². The fourth-order valence-electron chi connectivity index (χ4n) is 6.46. The minimum Gasteiger partial charge on any atom is -0.455 e. The molecule has 0 saturated heterocycles. The standard InChI is InChI=1S/C45H29N3O/c1-5-14-30(15-6-1)34-24-25-38-40-28-37(31-16-7-2-8-17-31)27-39(42(40)49-41(38)29-34)35-22-13-23-36(26-35)45-47-43(32-18-9-3-10-19-32)46-44(48-45)33-20-11-4-12-21-33/h1-29H. The van der Waals surface area contributed by atoms with Crippen molar-refractivity contribution in [3.8, 4) is 67.5 Å². The van der Waals surface area contributed by atoms with Crippen molar-refractivity contribution in [3.63, 3.8) is 0 Å². The lowest BCUT2D eigenvalue weighted by Crippen LogP contribution is -2.00. The first-order valence-electron chi connectivity index (χ1n) is 16.4. The van der Waals surface area contributed by atoms with Gasteiger partial charge in [0.15, 0.2) is 17.5 Å². The van der Waals surface area contributed by atoms with E-state index < -0.39 is 0 Å². The van der Waals surface area contributed by atoms with Crippen molar-refractivity contribution in [1.29, 1.82) is 0 Å². The van der Waals surface area contributed by atoms with Crippen molar-refractivity contribution >= 4 is 21.9 Å². The van der Waals surface area contributed by atoms with Gasteiger partial charge in [-0.1, -0.05) is 146 Å². The molecule has 9 aromatic rings. The van der Waals surface area contributed by atoms with Crippen LogP contribution in [-0.2, 0) is 0 Å². The predicted molar refractivity (Wildman–Crippen MR) is 200 cm³/mol. The van der Waals surface area contributed by atoms with E-state index in [1.165, 1.54) is 0 Å². The van der Waals surface area contributed by atoms with Crippen molar-refractivity contribution in [3.05, 3.63) is 176 Å². The number of rotatable bonds is 6. The van der Waals surface area contributed by atoms with Crippen LogP contribution in [-0.4, -0.2) is 15.0 Å². The number of furan rings is 1. The molecule has 0 amide bonds. The Hall–Kier alpha value is -6.65. The molecule has 0 aliphatic heterocycles. The van der Waals surface area contributed by atoms with Crippen molar-refractivity contribution in [2.24, 2.45) is 0 Å². The highest BCUT2D eigenvalue weighted by Gasteiger charge is 2.18. The fourth-order valence-corrected chi connectivity index (χ4v) is 6.46. The first kappa shape index (κ1) is 28.6. The van der Waals surface area contributed by atoms with Crippen LogP contribution in [0.25, 0.3) is 89.5 Å². The highest BCUT2D eigenvalue weighted by Crippen LogP contribution is 2.41. The molecule has 9 rings (SSSR count). The van der Waals surface area contributed by atoms with E-state index in [4.69, 9.17) is 19.4 Å². The molecule has 2 aromatic heterocycles. The Bertz CT molecular complexity index is 2520. The maximum atomic E-state index is 6.75. The topological polar surface area (TPSA) is 51.8 Å². The van der Waals surface area contributed by atoms with Crippen LogP contribution >= 0.6 is 0 Å². The number of aromatic nitrogens is 3. The minimum atomic E-state index is 0.613. The molecule has 0 aliphatic carbocycles. The lowest BCUT2D eigenvalue weighted by molar-refractivity contribution is 0.670. The lowest BCUT2D eigenvalue weighted by Gasteiger charge is -2.11. The molecule has 2 heterocycles. The summed E-state index contributed by atoms with van der Waals surface area (Å²) in [5, 5.41) is 2.16. The zero-order valence-electron chi connectivity index (χ0n) is 26.5.